The number of aromatic nitrogens is 3. The van der Waals surface area contributed by atoms with Gasteiger partial charge in [-0.2, -0.15) is 11.3 Å². The number of carboxylic acid groups (broad SMARTS) is 1. The number of thiophene rings is 1. The summed E-state index contributed by atoms with van der Waals surface area (Å²) in [6, 6.07) is 2.34. The number of rotatable bonds is 8. The van der Waals surface area contributed by atoms with E-state index in [1.807, 2.05) is 0 Å². The van der Waals surface area contributed by atoms with Crippen molar-refractivity contribution < 1.29 is 9.90 Å². The first-order valence-electron chi connectivity index (χ1n) is 6.91. The van der Waals surface area contributed by atoms with Crippen LogP contribution >= 0.6 is 23.1 Å². The van der Waals surface area contributed by atoms with Gasteiger partial charge in [-0.15, -0.1) is 10.2 Å². The number of hydrogen-bond acceptors (Lipinski definition) is 5. The Morgan fingerprint density at radius 3 is 2.95 bits per heavy atom. The summed E-state index contributed by atoms with van der Waals surface area (Å²) in [5.41, 5.74) is 1.29. The van der Waals surface area contributed by atoms with Gasteiger partial charge in [0.1, 0.15) is 5.82 Å². The lowest BCUT2D eigenvalue weighted by Gasteiger charge is -2.17. The van der Waals surface area contributed by atoms with E-state index in [0.29, 0.717) is 5.16 Å². The molecular formula is C14H19N3O2S2. The van der Waals surface area contributed by atoms with Crippen molar-refractivity contribution in [2.24, 2.45) is 0 Å². The van der Waals surface area contributed by atoms with Gasteiger partial charge in [0, 0.05) is 12.5 Å². The van der Waals surface area contributed by atoms with Crippen molar-refractivity contribution in [2.75, 3.05) is 5.75 Å². The Bertz CT molecular complexity index is 581. The van der Waals surface area contributed by atoms with Crippen LogP contribution in [0.4, 0.5) is 0 Å². The minimum atomic E-state index is -0.836. The molecule has 5 nitrogen and oxygen atoms in total. The van der Waals surface area contributed by atoms with E-state index in [0.717, 1.165) is 25.1 Å². The average molecular weight is 325 g/mol. The number of carbonyl (C=O) groups is 1. The lowest BCUT2D eigenvalue weighted by atomic mass is 10.1. The van der Waals surface area contributed by atoms with E-state index in [1.165, 1.54) is 17.3 Å². The van der Waals surface area contributed by atoms with Crippen molar-refractivity contribution in [3.63, 3.8) is 0 Å². The molecule has 0 saturated carbocycles. The van der Waals surface area contributed by atoms with E-state index < -0.39 is 5.97 Å². The molecule has 2 aromatic heterocycles. The van der Waals surface area contributed by atoms with Gasteiger partial charge in [0.05, 0.1) is 5.75 Å². The highest BCUT2D eigenvalue weighted by atomic mass is 32.2. The lowest BCUT2D eigenvalue weighted by Crippen LogP contribution is -2.13. The molecule has 0 bridgehead atoms. The van der Waals surface area contributed by atoms with E-state index in [9.17, 15) is 4.79 Å². The number of carboxylic acids is 1. The van der Waals surface area contributed by atoms with Gasteiger partial charge in [-0.3, -0.25) is 4.79 Å². The van der Waals surface area contributed by atoms with Crippen molar-refractivity contribution in [1.82, 2.24) is 14.8 Å². The lowest BCUT2D eigenvalue weighted by molar-refractivity contribution is -0.133. The molecule has 0 aliphatic carbocycles. The average Bonchev–Trinajstić information content (AvgIpc) is 3.06. The molecule has 7 heteroatoms. The van der Waals surface area contributed by atoms with Crippen molar-refractivity contribution in [2.45, 2.75) is 44.3 Å². The maximum absolute atomic E-state index is 10.8. The molecule has 0 spiro atoms. The summed E-state index contributed by atoms with van der Waals surface area (Å²) in [4.78, 5) is 10.8. The first-order chi connectivity index (χ1) is 10.1. The fraction of sp³-hybridized carbons (Fsp3) is 0.500. The SMILES string of the molecule is CCCc1nnc(SCC(=O)O)n1C(C)Cc1ccsc1. The van der Waals surface area contributed by atoms with Crippen LogP contribution in [0.2, 0.25) is 0 Å². The monoisotopic (exact) mass is 325 g/mol. The third-order valence-corrected chi connectivity index (χ3v) is 4.75. The standard InChI is InChI=1S/C14H19N3O2S2/c1-3-4-12-15-16-14(21-9-13(18)19)17(12)10(2)7-11-5-6-20-8-11/h5-6,8,10H,3-4,7,9H2,1-2H3,(H,18,19). The predicted molar refractivity (Wildman–Crippen MR) is 85.1 cm³/mol. The Hall–Kier alpha value is -1.34. The van der Waals surface area contributed by atoms with Gasteiger partial charge < -0.3 is 9.67 Å². The Morgan fingerprint density at radius 1 is 1.52 bits per heavy atom. The quantitative estimate of drug-likeness (QED) is 0.754. The molecule has 0 radical (unpaired) electrons. The summed E-state index contributed by atoms with van der Waals surface area (Å²) in [6.07, 6.45) is 2.75. The van der Waals surface area contributed by atoms with Gasteiger partial charge in [0.2, 0.25) is 0 Å². The number of aliphatic carboxylic acids is 1. The first kappa shape index (κ1) is 16.0. The summed E-state index contributed by atoms with van der Waals surface area (Å²) < 4.78 is 2.09. The molecule has 0 saturated heterocycles. The molecule has 2 aromatic rings. The van der Waals surface area contributed by atoms with Crippen molar-refractivity contribution >= 4 is 29.1 Å². The number of thioether (sulfide) groups is 1. The summed E-state index contributed by atoms with van der Waals surface area (Å²) >= 11 is 2.92. The molecule has 0 amide bonds. The van der Waals surface area contributed by atoms with Crippen molar-refractivity contribution in [3.8, 4) is 0 Å². The molecule has 2 rings (SSSR count). The fourth-order valence-electron chi connectivity index (χ4n) is 2.21. The maximum atomic E-state index is 10.8. The third kappa shape index (κ3) is 4.31. The van der Waals surface area contributed by atoms with Crippen LogP contribution in [0.3, 0.4) is 0 Å². The molecular weight excluding hydrogens is 306 g/mol. The minimum absolute atomic E-state index is 0.00935. The Labute approximate surface area is 132 Å². The molecule has 1 atom stereocenters. The molecule has 2 heterocycles. The molecule has 1 unspecified atom stereocenters. The van der Waals surface area contributed by atoms with Crippen LogP contribution in [0, 0.1) is 0 Å². The van der Waals surface area contributed by atoms with Gasteiger partial charge >= 0.3 is 5.97 Å². The summed E-state index contributed by atoms with van der Waals surface area (Å²) in [5.74, 6) is 0.111. The van der Waals surface area contributed by atoms with Crippen molar-refractivity contribution in [3.05, 3.63) is 28.2 Å². The topological polar surface area (TPSA) is 68.0 Å². The molecule has 1 N–H and O–H groups in total. The van der Waals surface area contributed by atoms with Crippen LogP contribution in [-0.2, 0) is 17.6 Å². The minimum Gasteiger partial charge on any atom is -0.481 e. The zero-order chi connectivity index (χ0) is 15.2. The Kier molecular flexibility index (Phi) is 5.81. The van der Waals surface area contributed by atoms with Gasteiger partial charge in [0.25, 0.3) is 0 Å². The summed E-state index contributed by atoms with van der Waals surface area (Å²) in [7, 11) is 0. The Morgan fingerprint density at radius 2 is 2.33 bits per heavy atom. The molecule has 21 heavy (non-hydrogen) atoms. The summed E-state index contributed by atoms with van der Waals surface area (Å²) in [5, 5.41) is 22.2. The Balaban J connectivity index is 2.20. The molecule has 114 valence electrons. The first-order valence-corrected chi connectivity index (χ1v) is 8.84. The van der Waals surface area contributed by atoms with Crippen LogP contribution in [0.5, 0.6) is 0 Å². The molecule has 0 fully saturated rings. The maximum Gasteiger partial charge on any atom is 0.313 e. The summed E-state index contributed by atoms with van der Waals surface area (Å²) in [6.45, 7) is 4.23. The van der Waals surface area contributed by atoms with Gasteiger partial charge in [-0.25, -0.2) is 0 Å². The van der Waals surface area contributed by atoms with Crippen LogP contribution in [0.15, 0.2) is 22.0 Å². The van der Waals surface area contributed by atoms with E-state index in [-0.39, 0.29) is 11.8 Å². The van der Waals surface area contributed by atoms with Crippen LogP contribution in [0.25, 0.3) is 0 Å². The van der Waals surface area contributed by atoms with E-state index >= 15 is 0 Å². The zero-order valence-corrected chi connectivity index (χ0v) is 13.8. The number of hydrogen-bond donors (Lipinski definition) is 1. The smallest absolute Gasteiger partial charge is 0.313 e. The van der Waals surface area contributed by atoms with Crippen LogP contribution in [0.1, 0.15) is 37.7 Å². The second-order valence-electron chi connectivity index (χ2n) is 4.89. The van der Waals surface area contributed by atoms with E-state index in [2.05, 4.69) is 45.4 Å². The molecule has 0 aromatic carbocycles. The highest BCUT2D eigenvalue weighted by molar-refractivity contribution is 7.99. The van der Waals surface area contributed by atoms with Gasteiger partial charge in [-0.1, -0.05) is 18.7 Å². The predicted octanol–water partition coefficient (Wildman–Crippen LogP) is 3.27. The normalized spacial score (nSPS) is 12.5. The molecule has 0 aliphatic rings. The van der Waals surface area contributed by atoms with Gasteiger partial charge in [0.15, 0.2) is 5.16 Å². The highest BCUT2D eigenvalue weighted by Crippen LogP contribution is 2.25. The van der Waals surface area contributed by atoms with E-state index in [4.69, 9.17) is 5.11 Å². The second kappa shape index (κ2) is 7.61. The van der Waals surface area contributed by atoms with Crippen LogP contribution in [-0.4, -0.2) is 31.6 Å². The van der Waals surface area contributed by atoms with Gasteiger partial charge in [-0.05, 0) is 42.2 Å². The molecule has 0 aliphatic heterocycles. The third-order valence-electron chi connectivity index (χ3n) is 3.09. The second-order valence-corrected chi connectivity index (χ2v) is 6.61. The number of aryl methyl sites for hydroxylation is 1. The van der Waals surface area contributed by atoms with Crippen LogP contribution < -0.4 is 0 Å². The van der Waals surface area contributed by atoms with E-state index in [1.54, 1.807) is 11.3 Å². The highest BCUT2D eigenvalue weighted by Gasteiger charge is 2.18. The van der Waals surface area contributed by atoms with Crippen molar-refractivity contribution in [1.29, 1.82) is 0 Å². The largest absolute Gasteiger partial charge is 0.481 e. The fourth-order valence-corrected chi connectivity index (χ4v) is 3.67. The number of nitrogens with zero attached hydrogens (tertiary/aromatic N) is 3. The zero-order valence-electron chi connectivity index (χ0n) is 12.2.